The smallest absolute Gasteiger partial charge is 0.302 e. The summed E-state index contributed by atoms with van der Waals surface area (Å²) in [7, 11) is -2.88. The first kappa shape index (κ1) is 29.7. The van der Waals surface area contributed by atoms with E-state index >= 15 is 0 Å². The minimum atomic E-state index is -2.88. The maximum atomic E-state index is 13.2. The Morgan fingerprint density at radius 1 is 0.773 bits per heavy atom. The molecule has 0 spiro atoms. The van der Waals surface area contributed by atoms with Gasteiger partial charge in [0.15, 0.2) is 0 Å². The molecule has 230 valence electrons. The van der Waals surface area contributed by atoms with Crippen LogP contribution in [0.2, 0.25) is 0 Å². The summed E-state index contributed by atoms with van der Waals surface area (Å²) < 4.78 is 13.6. The van der Waals surface area contributed by atoms with Crippen molar-refractivity contribution in [2.45, 2.75) is 77.7 Å². The third-order valence-electron chi connectivity index (χ3n) is 12.5. The van der Waals surface area contributed by atoms with Gasteiger partial charge in [0.05, 0.1) is 0 Å². The fraction of sp³-hybridized carbons (Fsp3) is 0.487. The van der Waals surface area contributed by atoms with E-state index in [-0.39, 0.29) is 22.9 Å². The number of fused-ring (bicyclic) bond motifs is 5. The number of esters is 1. The van der Waals surface area contributed by atoms with Crippen LogP contribution in [0.1, 0.15) is 71.6 Å². The van der Waals surface area contributed by atoms with Crippen LogP contribution in [0.5, 0.6) is 0 Å². The number of Topliss-reactive ketones (excluding diaryl/α,β-unsaturated/α-hetero) is 1. The summed E-state index contributed by atoms with van der Waals surface area (Å²) in [4.78, 5) is 25.2. The monoisotopic (exact) mass is 606 g/mol. The highest BCUT2D eigenvalue weighted by Crippen LogP contribution is 2.66. The lowest BCUT2D eigenvalue weighted by molar-refractivity contribution is -0.168. The average Bonchev–Trinajstić information content (AvgIpc) is 3.36. The Morgan fingerprint density at radius 3 is 1.93 bits per heavy atom. The second-order valence-corrected chi connectivity index (χ2v) is 17.8. The number of ketones is 1. The lowest BCUT2D eigenvalue weighted by Gasteiger charge is -2.61. The highest BCUT2D eigenvalue weighted by molar-refractivity contribution is 7.07. The highest BCUT2D eigenvalue weighted by atomic mass is 28.4. The number of carbonyl (C=O) groups is 2. The van der Waals surface area contributed by atoms with Gasteiger partial charge >= 0.3 is 5.97 Å². The largest absolute Gasteiger partial charge is 0.463 e. The predicted molar refractivity (Wildman–Crippen MR) is 177 cm³/mol. The van der Waals surface area contributed by atoms with Gasteiger partial charge in [0.25, 0.3) is 8.32 Å². The number of hydrogen-bond acceptors (Lipinski definition) is 4. The topological polar surface area (TPSA) is 52.6 Å². The standard InChI is InChI=1S/C39H46O4Si/c1-28(40)43-30-22-25-39(29(26-30)18-19-34-35-20-21-37(41)38(35,2)24-23-36(34)39)27-42-44(31-12-6-3-7-13-31,32-14-8-4-9-15-32)33-16-10-5-11-17-33/h3-17,29-30,34-36H,18-27H2,1-2H3/t29-,30?,34-,35-,36-,38-,39+/m0/s1. The first-order valence-corrected chi connectivity index (χ1v) is 18.8. The average molecular weight is 607 g/mol. The maximum Gasteiger partial charge on any atom is 0.302 e. The van der Waals surface area contributed by atoms with Crippen LogP contribution in [0.25, 0.3) is 0 Å². The highest BCUT2D eigenvalue weighted by Gasteiger charge is 2.62. The number of hydrogen-bond donors (Lipinski definition) is 0. The van der Waals surface area contributed by atoms with E-state index in [1.54, 1.807) is 6.92 Å². The van der Waals surface area contributed by atoms with E-state index in [0.717, 1.165) is 51.4 Å². The van der Waals surface area contributed by atoms with Crippen LogP contribution in [0.3, 0.4) is 0 Å². The lowest BCUT2D eigenvalue weighted by Crippen LogP contribution is -2.70. The van der Waals surface area contributed by atoms with Crippen molar-refractivity contribution in [2.75, 3.05) is 6.61 Å². The summed E-state index contributed by atoms with van der Waals surface area (Å²) >= 11 is 0. The van der Waals surface area contributed by atoms with Crippen molar-refractivity contribution in [3.8, 4) is 0 Å². The molecule has 0 aliphatic heterocycles. The van der Waals surface area contributed by atoms with Crippen molar-refractivity contribution in [1.82, 2.24) is 0 Å². The van der Waals surface area contributed by atoms with Crippen molar-refractivity contribution in [2.24, 2.45) is 34.5 Å². The summed E-state index contributed by atoms with van der Waals surface area (Å²) in [5, 5.41) is 3.80. The Morgan fingerprint density at radius 2 is 1.36 bits per heavy atom. The zero-order chi connectivity index (χ0) is 30.4. The molecule has 0 N–H and O–H groups in total. The van der Waals surface area contributed by atoms with Gasteiger partial charge < -0.3 is 9.16 Å². The van der Waals surface area contributed by atoms with Crippen LogP contribution >= 0.6 is 0 Å². The molecule has 7 rings (SSSR count). The molecule has 4 aliphatic carbocycles. The Balaban J connectivity index is 1.32. The molecule has 0 radical (unpaired) electrons. The zero-order valence-electron chi connectivity index (χ0n) is 26.3. The Kier molecular flexibility index (Phi) is 7.91. The van der Waals surface area contributed by atoms with Crippen LogP contribution in [0.15, 0.2) is 91.0 Å². The third-order valence-corrected chi connectivity index (χ3v) is 16.5. The van der Waals surface area contributed by atoms with E-state index in [0.29, 0.717) is 36.1 Å². The van der Waals surface area contributed by atoms with Gasteiger partial charge in [-0.15, -0.1) is 0 Å². The predicted octanol–water partition coefficient (Wildman–Crippen LogP) is 6.19. The van der Waals surface area contributed by atoms with Crippen molar-refractivity contribution in [3.63, 3.8) is 0 Å². The summed E-state index contributed by atoms with van der Waals surface area (Å²) in [6.07, 6.45) is 9.00. The van der Waals surface area contributed by atoms with Crippen molar-refractivity contribution >= 4 is 35.6 Å². The van der Waals surface area contributed by atoms with Gasteiger partial charge in [0.1, 0.15) is 11.9 Å². The van der Waals surface area contributed by atoms with E-state index in [2.05, 4.69) is 97.9 Å². The SMILES string of the molecule is CC(=O)OC1CC[C@@]2(CO[Si](c3ccccc3)(c3ccccc3)c3ccccc3)[C@@H](CC[C@@H]3[C@@H]2CC[C@]2(C)C(=O)CC[C@@H]32)C1. The van der Waals surface area contributed by atoms with Gasteiger partial charge in [0.2, 0.25) is 0 Å². The molecule has 4 aliphatic rings. The molecule has 0 aromatic heterocycles. The summed E-state index contributed by atoms with van der Waals surface area (Å²) in [6.45, 7) is 4.52. The van der Waals surface area contributed by atoms with E-state index in [4.69, 9.17) is 9.16 Å². The van der Waals surface area contributed by atoms with E-state index in [1.165, 1.54) is 22.0 Å². The number of carbonyl (C=O) groups excluding carboxylic acids is 2. The first-order chi connectivity index (χ1) is 21.4. The van der Waals surface area contributed by atoms with Crippen LogP contribution < -0.4 is 15.6 Å². The molecule has 0 saturated heterocycles. The minimum absolute atomic E-state index is 0.00310. The number of rotatable bonds is 7. The molecule has 3 aromatic carbocycles. The van der Waals surface area contributed by atoms with Gasteiger partial charge in [-0.2, -0.15) is 0 Å². The molecular formula is C39H46O4Si. The van der Waals surface area contributed by atoms with Crippen LogP contribution in [-0.4, -0.2) is 32.8 Å². The fourth-order valence-electron chi connectivity index (χ4n) is 10.4. The lowest BCUT2D eigenvalue weighted by atomic mass is 9.45. The molecule has 0 heterocycles. The molecule has 1 unspecified atom stereocenters. The fourth-order valence-corrected chi connectivity index (χ4v) is 14.4. The van der Waals surface area contributed by atoms with Gasteiger partial charge in [-0.1, -0.05) is 97.9 Å². The molecular weight excluding hydrogens is 561 g/mol. The van der Waals surface area contributed by atoms with Gasteiger partial charge in [-0.05, 0) is 96.0 Å². The quantitative estimate of drug-likeness (QED) is 0.183. The normalized spacial score (nSPS) is 33.1. The van der Waals surface area contributed by atoms with Crippen molar-refractivity contribution < 1.29 is 18.8 Å². The molecule has 5 heteroatoms. The number of ether oxygens (including phenoxy) is 1. The molecule has 4 nitrogen and oxygen atoms in total. The van der Waals surface area contributed by atoms with Gasteiger partial charge in [0, 0.05) is 25.4 Å². The van der Waals surface area contributed by atoms with Crippen LogP contribution in [-0.2, 0) is 18.8 Å². The zero-order valence-corrected chi connectivity index (χ0v) is 27.3. The molecule has 44 heavy (non-hydrogen) atoms. The summed E-state index contributed by atoms with van der Waals surface area (Å²) in [6, 6.07) is 32.7. The molecule has 3 aromatic rings. The van der Waals surface area contributed by atoms with E-state index < -0.39 is 8.32 Å². The maximum absolute atomic E-state index is 13.2. The molecule has 0 bridgehead atoms. The molecule has 4 fully saturated rings. The van der Waals surface area contributed by atoms with Gasteiger partial charge in [-0.3, -0.25) is 9.59 Å². The Labute approximate surface area is 263 Å². The van der Waals surface area contributed by atoms with Crippen LogP contribution in [0, 0.1) is 34.5 Å². The van der Waals surface area contributed by atoms with Crippen molar-refractivity contribution in [1.29, 1.82) is 0 Å². The number of benzene rings is 3. The van der Waals surface area contributed by atoms with E-state index in [1.807, 2.05) is 0 Å². The molecule has 0 amide bonds. The second kappa shape index (κ2) is 11.7. The van der Waals surface area contributed by atoms with Gasteiger partial charge in [-0.25, -0.2) is 0 Å². The summed E-state index contributed by atoms with van der Waals surface area (Å²) in [5.41, 5.74) is -0.148. The molecule has 4 saturated carbocycles. The van der Waals surface area contributed by atoms with Crippen LogP contribution in [0.4, 0.5) is 0 Å². The summed E-state index contributed by atoms with van der Waals surface area (Å²) in [5.74, 6) is 2.34. The third kappa shape index (κ3) is 4.82. The first-order valence-electron chi connectivity index (χ1n) is 16.9. The Bertz CT molecular complexity index is 1380. The minimum Gasteiger partial charge on any atom is -0.463 e. The Hall–Kier alpha value is -3.02. The van der Waals surface area contributed by atoms with E-state index in [9.17, 15) is 9.59 Å². The molecule has 7 atom stereocenters. The second-order valence-electron chi connectivity index (χ2n) is 14.4. The van der Waals surface area contributed by atoms with Crippen molar-refractivity contribution in [3.05, 3.63) is 91.0 Å².